The fraction of sp³-hybridized carbons (Fsp3) is 0.273. The van der Waals surface area contributed by atoms with Gasteiger partial charge in [0.05, 0.1) is 18.2 Å². The van der Waals surface area contributed by atoms with Crippen molar-refractivity contribution in [1.29, 1.82) is 0 Å². The Morgan fingerprint density at radius 3 is 2.87 bits per heavy atom. The molecule has 4 heteroatoms. The minimum absolute atomic E-state index is 0.134. The number of aromatic nitrogens is 2. The molecule has 0 radical (unpaired) electrons. The van der Waals surface area contributed by atoms with Crippen LogP contribution in [0.25, 0.3) is 11.3 Å². The van der Waals surface area contributed by atoms with Gasteiger partial charge in [-0.3, -0.25) is 4.79 Å². The first-order valence-corrected chi connectivity index (χ1v) is 4.80. The second kappa shape index (κ2) is 3.73. The van der Waals surface area contributed by atoms with Crippen LogP contribution >= 0.6 is 0 Å². The molecular weight excluding hydrogens is 192 g/mol. The van der Waals surface area contributed by atoms with Gasteiger partial charge in [0.1, 0.15) is 5.82 Å². The molecule has 0 spiro atoms. The third-order valence-corrected chi connectivity index (χ3v) is 2.12. The molecule has 78 valence electrons. The highest BCUT2D eigenvalue weighted by molar-refractivity contribution is 5.56. The summed E-state index contributed by atoms with van der Waals surface area (Å²) in [5.41, 5.74) is 1.34. The Bertz CT molecular complexity index is 498. The summed E-state index contributed by atoms with van der Waals surface area (Å²) < 4.78 is 4.96. The van der Waals surface area contributed by atoms with Crippen molar-refractivity contribution in [2.24, 2.45) is 0 Å². The maximum absolute atomic E-state index is 11.4. The maximum atomic E-state index is 11.4. The molecule has 0 aliphatic heterocycles. The highest BCUT2D eigenvalue weighted by Gasteiger charge is 2.07. The second-order valence-electron chi connectivity index (χ2n) is 3.68. The van der Waals surface area contributed by atoms with Crippen molar-refractivity contribution >= 4 is 0 Å². The summed E-state index contributed by atoms with van der Waals surface area (Å²) in [5, 5.41) is 0. The molecule has 4 nitrogen and oxygen atoms in total. The zero-order valence-corrected chi connectivity index (χ0v) is 8.65. The zero-order chi connectivity index (χ0) is 10.8. The van der Waals surface area contributed by atoms with Crippen LogP contribution in [0.5, 0.6) is 0 Å². The molecule has 15 heavy (non-hydrogen) atoms. The van der Waals surface area contributed by atoms with Crippen molar-refractivity contribution in [1.82, 2.24) is 9.97 Å². The van der Waals surface area contributed by atoms with Gasteiger partial charge in [-0.1, -0.05) is 13.8 Å². The van der Waals surface area contributed by atoms with Crippen molar-refractivity contribution in [3.05, 3.63) is 40.8 Å². The zero-order valence-electron chi connectivity index (χ0n) is 8.65. The van der Waals surface area contributed by atoms with Gasteiger partial charge in [0.15, 0.2) is 0 Å². The summed E-state index contributed by atoms with van der Waals surface area (Å²) in [6.45, 7) is 3.97. The number of nitrogens with zero attached hydrogens (tertiary/aromatic N) is 1. The fourth-order valence-corrected chi connectivity index (χ4v) is 1.31. The summed E-state index contributed by atoms with van der Waals surface area (Å²) >= 11 is 0. The largest absolute Gasteiger partial charge is 0.472 e. The van der Waals surface area contributed by atoms with Gasteiger partial charge in [0.2, 0.25) is 0 Å². The van der Waals surface area contributed by atoms with E-state index in [2.05, 4.69) is 9.97 Å². The molecule has 0 fully saturated rings. The summed E-state index contributed by atoms with van der Waals surface area (Å²) in [7, 11) is 0. The van der Waals surface area contributed by atoms with E-state index in [0.29, 0.717) is 11.5 Å². The molecule has 2 rings (SSSR count). The van der Waals surface area contributed by atoms with E-state index in [-0.39, 0.29) is 11.5 Å². The van der Waals surface area contributed by atoms with Gasteiger partial charge in [0.25, 0.3) is 5.56 Å². The quantitative estimate of drug-likeness (QED) is 0.815. The molecule has 2 aromatic heterocycles. The third-order valence-electron chi connectivity index (χ3n) is 2.12. The van der Waals surface area contributed by atoms with Crippen LogP contribution in [0.2, 0.25) is 0 Å². The van der Waals surface area contributed by atoms with E-state index in [1.807, 2.05) is 13.8 Å². The average Bonchev–Trinajstić information content (AvgIpc) is 2.69. The molecule has 2 aromatic rings. The highest BCUT2D eigenvalue weighted by Crippen LogP contribution is 2.17. The lowest BCUT2D eigenvalue weighted by Crippen LogP contribution is -2.11. The SMILES string of the molecule is CC(C)c1nc(-c2ccoc2)cc(=O)[nH]1. The van der Waals surface area contributed by atoms with E-state index in [0.717, 1.165) is 5.56 Å². The molecule has 0 unspecified atom stereocenters. The molecule has 0 saturated heterocycles. The predicted octanol–water partition coefficient (Wildman–Crippen LogP) is 2.15. The Labute approximate surface area is 87.0 Å². The number of furan rings is 1. The van der Waals surface area contributed by atoms with Crippen LogP contribution < -0.4 is 5.56 Å². The van der Waals surface area contributed by atoms with Gasteiger partial charge in [-0.2, -0.15) is 0 Å². The first kappa shape index (κ1) is 9.71. The van der Waals surface area contributed by atoms with E-state index in [4.69, 9.17) is 4.42 Å². The molecule has 1 N–H and O–H groups in total. The smallest absolute Gasteiger partial charge is 0.251 e. The standard InChI is InChI=1S/C11H12N2O2/c1-7(2)11-12-9(5-10(14)13-11)8-3-4-15-6-8/h3-7H,1-2H3,(H,12,13,14). The van der Waals surface area contributed by atoms with Gasteiger partial charge in [0, 0.05) is 17.5 Å². The second-order valence-corrected chi connectivity index (χ2v) is 3.68. The number of rotatable bonds is 2. The molecule has 0 aromatic carbocycles. The Morgan fingerprint density at radius 2 is 2.27 bits per heavy atom. The first-order valence-electron chi connectivity index (χ1n) is 4.80. The summed E-state index contributed by atoms with van der Waals surface area (Å²) in [6, 6.07) is 3.25. The Hall–Kier alpha value is -1.84. The van der Waals surface area contributed by atoms with Crippen molar-refractivity contribution in [3.8, 4) is 11.3 Å². The average molecular weight is 204 g/mol. The monoisotopic (exact) mass is 204 g/mol. The molecule has 0 saturated carbocycles. The molecular formula is C11H12N2O2. The molecule has 0 aliphatic carbocycles. The van der Waals surface area contributed by atoms with Gasteiger partial charge in [-0.05, 0) is 6.07 Å². The van der Waals surface area contributed by atoms with Crippen LogP contribution in [-0.2, 0) is 0 Å². The van der Waals surface area contributed by atoms with Crippen molar-refractivity contribution < 1.29 is 4.42 Å². The molecule has 0 atom stereocenters. The number of hydrogen-bond acceptors (Lipinski definition) is 3. The topological polar surface area (TPSA) is 58.9 Å². The van der Waals surface area contributed by atoms with Crippen LogP contribution in [0.4, 0.5) is 0 Å². The normalized spacial score (nSPS) is 10.9. The minimum Gasteiger partial charge on any atom is -0.472 e. The minimum atomic E-state index is -0.134. The van der Waals surface area contributed by atoms with E-state index < -0.39 is 0 Å². The van der Waals surface area contributed by atoms with Crippen molar-refractivity contribution in [3.63, 3.8) is 0 Å². The molecule has 0 amide bonds. The van der Waals surface area contributed by atoms with E-state index in [9.17, 15) is 4.79 Å². The Morgan fingerprint density at radius 1 is 1.47 bits per heavy atom. The lowest BCUT2D eigenvalue weighted by atomic mass is 10.2. The molecule has 2 heterocycles. The lowest BCUT2D eigenvalue weighted by Gasteiger charge is -2.04. The van der Waals surface area contributed by atoms with Gasteiger partial charge >= 0.3 is 0 Å². The Balaban J connectivity index is 2.54. The van der Waals surface area contributed by atoms with Crippen LogP contribution in [0.3, 0.4) is 0 Å². The van der Waals surface area contributed by atoms with E-state index >= 15 is 0 Å². The van der Waals surface area contributed by atoms with Crippen LogP contribution in [0.15, 0.2) is 33.9 Å². The molecule has 0 bridgehead atoms. The summed E-state index contributed by atoms with van der Waals surface area (Å²) in [6.07, 6.45) is 3.14. The van der Waals surface area contributed by atoms with Gasteiger partial charge < -0.3 is 9.40 Å². The van der Waals surface area contributed by atoms with E-state index in [1.54, 1.807) is 18.6 Å². The number of hydrogen-bond donors (Lipinski definition) is 1. The van der Waals surface area contributed by atoms with Crippen LogP contribution in [0, 0.1) is 0 Å². The summed E-state index contributed by atoms with van der Waals surface area (Å²) in [5.74, 6) is 0.892. The summed E-state index contributed by atoms with van der Waals surface area (Å²) in [4.78, 5) is 18.5. The predicted molar refractivity (Wildman–Crippen MR) is 56.6 cm³/mol. The number of aromatic amines is 1. The number of H-pyrrole nitrogens is 1. The van der Waals surface area contributed by atoms with Crippen LogP contribution in [0.1, 0.15) is 25.6 Å². The Kier molecular flexibility index (Phi) is 2.41. The van der Waals surface area contributed by atoms with E-state index in [1.165, 1.54) is 6.07 Å². The first-order chi connectivity index (χ1) is 7.16. The van der Waals surface area contributed by atoms with Gasteiger partial charge in [-0.25, -0.2) is 4.98 Å². The fourth-order valence-electron chi connectivity index (χ4n) is 1.31. The lowest BCUT2D eigenvalue weighted by molar-refractivity contribution is 0.568. The molecule has 0 aliphatic rings. The van der Waals surface area contributed by atoms with Crippen molar-refractivity contribution in [2.75, 3.05) is 0 Å². The van der Waals surface area contributed by atoms with Crippen LogP contribution in [-0.4, -0.2) is 9.97 Å². The van der Waals surface area contributed by atoms with Crippen molar-refractivity contribution in [2.45, 2.75) is 19.8 Å². The maximum Gasteiger partial charge on any atom is 0.251 e. The van der Waals surface area contributed by atoms with Gasteiger partial charge in [-0.15, -0.1) is 0 Å². The third kappa shape index (κ3) is 1.98. The highest BCUT2D eigenvalue weighted by atomic mass is 16.3. The number of nitrogens with one attached hydrogen (secondary N) is 1.